The van der Waals surface area contributed by atoms with Crippen molar-refractivity contribution in [2.24, 2.45) is 0 Å². The van der Waals surface area contributed by atoms with E-state index >= 15 is 0 Å². The summed E-state index contributed by atoms with van der Waals surface area (Å²) in [7, 11) is 0. The maximum absolute atomic E-state index is 12.5. The van der Waals surface area contributed by atoms with E-state index in [9.17, 15) is 9.59 Å². The minimum Gasteiger partial charge on any atom is -0.323 e. The first kappa shape index (κ1) is 16.3. The summed E-state index contributed by atoms with van der Waals surface area (Å²) in [6, 6.07) is 7.48. The quantitative estimate of drug-likeness (QED) is 0.620. The molecule has 1 aliphatic carbocycles. The van der Waals surface area contributed by atoms with Crippen LogP contribution in [-0.2, 0) is 11.3 Å². The van der Waals surface area contributed by atoms with Crippen molar-refractivity contribution in [1.29, 1.82) is 0 Å². The highest BCUT2D eigenvalue weighted by atomic mass is 35.5. The lowest BCUT2D eigenvalue weighted by Crippen LogP contribution is -2.44. The smallest absolute Gasteiger partial charge is 0.323 e. The van der Waals surface area contributed by atoms with Crippen LogP contribution in [0.5, 0.6) is 0 Å². The number of nitrogens with zero attached hydrogens (tertiary/aromatic N) is 1. The van der Waals surface area contributed by atoms with Crippen LogP contribution in [0, 0.1) is 0 Å². The Morgan fingerprint density at radius 2 is 1.96 bits per heavy atom. The first-order valence-corrected chi connectivity index (χ1v) is 8.58. The Hall–Kier alpha value is -1.59. The van der Waals surface area contributed by atoms with Crippen molar-refractivity contribution in [3.63, 3.8) is 0 Å². The lowest BCUT2D eigenvalue weighted by molar-refractivity contribution is -0.131. The largest absolute Gasteiger partial charge is 0.325 e. The summed E-state index contributed by atoms with van der Waals surface area (Å²) in [4.78, 5) is 25.9. The van der Waals surface area contributed by atoms with Gasteiger partial charge in [-0.3, -0.25) is 9.69 Å². The van der Waals surface area contributed by atoms with Gasteiger partial charge in [-0.1, -0.05) is 42.6 Å². The van der Waals surface area contributed by atoms with Crippen molar-refractivity contribution < 1.29 is 9.59 Å². The number of halogens is 1. The SMILES string of the molecule is O=C1NC2(CCCC2)C(=O)N1CCCNCc1ccccc1Cl. The molecule has 2 N–H and O–H groups in total. The van der Waals surface area contributed by atoms with E-state index in [-0.39, 0.29) is 11.9 Å². The van der Waals surface area contributed by atoms with E-state index in [4.69, 9.17) is 11.6 Å². The lowest BCUT2D eigenvalue weighted by Gasteiger charge is -2.20. The van der Waals surface area contributed by atoms with Crippen molar-refractivity contribution in [3.05, 3.63) is 34.9 Å². The van der Waals surface area contributed by atoms with Crippen LogP contribution in [0.1, 0.15) is 37.7 Å². The fourth-order valence-corrected chi connectivity index (χ4v) is 3.63. The minimum absolute atomic E-state index is 0.0360. The number of carbonyl (C=O) groups is 2. The van der Waals surface area contributed by atoms with Crippen molar-refractivity contribution in [2.75, 3.05) is 13.1 Å². The monoisotopic (exact) mass is 335 g/mol. The van der Waals surface area contributed by atoms with Gasteiger partial charge >= 0.3 is 6.03 Å². The van der Waals surface area contributed by atoms with E-state index in [1.54, 1.807) is 0 Å². The molecule has 0 atom stereocenters. The average Bonchev–Trinajstić information content (AvgIpc) is 3.09. The van der Waals surface area contributed by atoms with Gasteiger partial charge in [-0.05, 0) is 37.4 Å². The van der Waals surface area contributed by atoms with Crippen LogP contribution in [0.3, 0.4) is 0 Å². The standard InChI is InChI=1S/C17H22ClN3O2/c18-14-7-2-1-6-13(14)12-19-10-5-11-21-15(22)17(20-16(21)23)8-3-4-9-17/h1-2,6-7,19H,3-5,8-12H2,(H,20,23). The summed E-state index contributed by atoms with van der Waals surface area (Å²) in [5.74, 6) is -0.0360. The van der Waals surface area contributed by atoms with Crippen LogP contribution < -0.4 is 10.6 Å². The van der Waals surface area contributed by atoms with Crippen molar-refractivity contribution in [1.82, 2.24) is 15.5 Å². The molecule has 0 bridgehead atoms. The predicted octanol–water partition coefficient (Wildman–Crippen LogP) is 2.68. The molecule has 3 amide bonds. The topological polar surface area (TPSA) is 61.4 Å². The highest BCUT2D eigenvalue weighted by Crippen LogP contribution is 2.34. The van der Waals surface area contributed by atoms with E-state index in [2.05, 4.69) is 10.6 Å². The Morgan fingerprint density at radius 1 is 1.22 bits per heavy atom. The molecule has 0 radical (unpaired) electrons. The summed E-state index contributed by atoms with van der Waals surface area (Å²) in [6.45, 7) is 1.88. The Balaban J connectivity index is 1.43. The Bertz CT molecular complexity index is 599. The first-order chi connectivity index (χ1) is 11.1. The molecule has 1 heterocycles. The third-order valence-electron chi connectivity index (χ3n) is 4.71. The van der Waals surface area contributed by atoms with Crippen LogP contribution >= 0.6 is 11.6 Å². The number of imide groups is 1. The van der Waals surface area contributed by atoms with Gasteiger partial charge in [0.2, 0.25) is 0 Å². The summed E-state index contributed by atoms with van der Waals surface area (Å²) in [5.41, 5.74) is 0.455. The third-order valence-corrected chi connectivity index (χ3v) is 5.08. The third kappa shape index (κ3) is 3.35. The summed E-state index contributed by atoms with van der Waals surface area (Å²) in [6.07, 6.45) is 4.32. The van der Waals surface area contributed by atoms with Crippen LogP contribution in [-0.4, -0.2) is 35.5 Å². The van der Waals surface area contributed by atoms with Crippen molar-refractivity contribution in [2.45, 2.75) is 44.2 Å². The average molecular weight is 336 g/mol. The second-order valence-electron chi connectivity index (χ2n) is 6.30. The van der Waals surface area contributed by atoms with Gasteiger partial charge in [-0.15, -0.1) is 0 Å². The zero-order valence-electron chi connectivity index (χ0n) is 13.1. The molecule has 6 heteroatoms. The van der Waals surface area contributed by atoms with Crippen molar-refractivity contribution in [3.8, 4) is 0 Å². The number of hydrogen-bond acceptors (Lipinski definition) is 3. The zero-order valence-corrected chi connectivity index (χ0v) is 13.9. The van der Waals surface area contributed by atoms with Crippen LogP contribution in [0.15, 0.2) is 24.3 Å². The summed E-state index contributed by atoms with van der Waals surface area (Å²) >= 11 is 6.10. The minimum atomic E-state index is -0.595. The molecule has 1 aliphatic heterocycles. The van der Waals surface area contributed by atoms with E-state index in [1.165, 1.54) is 4.90 Å². The molecule has 23 heavy (non-hydrogen) atoms. The maximum atomic E-state index is 12.5. The molecule has 3 rings (SSSR count). The number of benzene rings is 1. The Labute approximate surface area is 141 Å². The first-order valence-electron chi connectivity index (χ1n) is 8.21. The molecule has 2 fully saturated rings. The Kier molecular flexibility index (Phi) is 4.87. The van der Waals surface area contributed by atoms with Gasteiger partial charge in [0.15, 0.2) is 0 Å². The molecule has 1 aromatic rings. The second kappa shape index (κ2) is 6.89. The molecule has 1 saturated heterocycles. The highest BCUT2D eigenvalue weighted by Gasteiger charge is 2.51. The van der Waals surface area contributed by atoms with E-state index in [0.717, 1.165) is 49.2 Å². The molecule has 0 unspecified atom stereocenters. The van der Waals surface area contributed by atoms with Crippen molar-refractivity contribution >= 4 is 23.5 Å². The fraction of sp³-hybridized carbons (Fsp3) is 0.529. The lowest BCUT2D eigenvalue weighted by atomic mass is 9.98. The molecule has 2 aliphatic rings. The van der Waals surface area contributed by atoms with Gasteiger partial charge in [-0.25, -0.2) is 4.79 Å². The van der Waals surface area contributed by atoms with E-state index in [1.807, 2.05) is 24.3 Å². The fourth-order valence-electron chi connectivity index (χ4n) is 3.42. The van der Waals surface area contributed by atoms with Gasteiger partial charge in [0.1, 0.15) is 5.54 Å². The number of rotatable bonds is 6. The van der Waals surface area contributed by atoms with Gasteiger partial charge in [0.05, 0.1) is 0 Å². The number of hydrogen-bond donors (Lipinski definition) is 2. The van der Waals surface area contributed by atoms with E-state index in [0.29, 0.717) is 13.1 Å². The highest BCUT2D eigenvalue weighted by molar-refractivity contribution is 6.31. The summed E-state index contributed by atoms with van der Waals surface area (Å²) in [5, 5.41) is 6.95. The van der Waals surface area contributed by atoms with Gasteiger partial charge in [0, 0.05) is 18.1 Å². The van der Waals surface area contributed by atoms with Crippen LogP contribution in [0.4, 0.5) is 4.79 Å². The van der Waals surface area contributed by atoms with Crippen LogP contribution in [0.25, 0.3) is 0 Å². The zero-order chi connectivity index (χ0) is 16.3. The molecule has 0 aromatic heterocycles. The molecular formula is C17H22ClN3O2. The summed E-state index contributed by atoms with van der Waals surface area (Å²) < 4.78 is 0. The van der Waals surface area contributed by atoms with E-state index < -0.39 is 5.54 Å². The molecule has 5 nitrogen and oxygen atoms in total. The molecule has 1 aromatic carbocycles. The molecule has 1 saturated carbocycles. The number of carbonyl (C=O) groups excluding carboxylic acids is 2. The number of amides is 3. The van der Waals surface area contributed by atoms with Gasteiger partial charge in [-0.2, -0.15) is 0 Å². The number of nitrogens with one attached hydrogen (secondary N) is 2. The molecular weight excluding hydrogens is 314 g/mol. The van der Waals surface area contributed by atoms with Gasteiger partial charge < -0.3 is 10.6 Å². The van der Waals surface area contributed by atoms with Gasteiger partial charge in [0.25, 0.3) is 5.91 Å². The molecule has 124 valence electrons. The predicted molar refractivity (Wildman–Crippen MR) is 89.2 cm³/mol. The normalized spacial score (nSPS) is 19.6. The van der Waals surface area contributed by atoms with Crippen LogP contribution in [0.2, 0.25) is 5.02 Å². The number of urea groups is 1. The molecule has 1 spiro atoms. The Morgan fingerprint density at radius 3 is 2.70 bits per heavy atom. The maximum Gasteiger partial charge on any atom is 0.325 e. The second-order valence-corrected chi connectivity index (χ2v) is 6.71.